The minimum atomic E-state index is -0.198. The first-order chi connectivity index (χ1) is 11.7. The zero-order valence-electron chi connectivity index (χ0n) is 14.3. The molecule has 3 amide bonds. The highest BCUT2D eigenvalue weighted by Gasteiger charge is 2.46. The molecule has 1 aliphatic heterocycles. The van der Waals surface area contributed by atoms with Crippen molar-refractivity contribution in [3.8, 4) is 0 Å². The van der Waals surface area contributed by atoms with Gasteiger partial charge in [0.2, 0.25) is 17.7 Å². The lowest BCUT2D eigenvalue weighted by Gasteiger charge is -2.21. The lowest BCUT2D eigenvalue weighted by Crippen LogP contribution is -2.39. The average Bonchev–Trinajstić information content (AvgIpc) is 2.80. The quantitative estimate of drug-likeness (QED) is 0.635. The van der Waals surface area contributed by atoms with Crippen LogP contribution in [-0.2, 0) is 14.4 Å². The van der Waals surface area contributed by atoms with Crippen LogP contribution in [0.5, 0.6) is 0 Å². The third-order valence-electron chi connectivity index (χ3n) is 5.63. The third kappa shape index (κ3) is 3.87. The Labute approximate surface area is 143 Å². The number of carbonyl (C=O) groups is 3. The van der Waals surface area contributed by atoms with Crippen LogP contribution in [0.4, 0.5) is 0 Å². The van der Waals surface area contributed by atoms with Crippen LogP contribution in [0.3, 0.4) is 0 Å². The minimum Gasteiger partial charge on any atom is -0.353 e. The number of likely N-dealkylation sites (tertiary alicyclic amines) is 1. The van der Waals surface area contributed by atoms with E-state index in [1.54, 1.807) is 0 Å². The maximum Gasteiger partial charge on any atom is 0.233 e. The standard InChI is InChI=1S/C19H28N2O3/c22-17(20-14-8-4-2-1-3-5-9-14)12-13-21-18(23)15-10-6-7-11-16(15)19(21)24/h6-7,14-16H,1-5,8-13H2,(H,20,22)/t15-,16+. The van der Waals surface area contributed by atoms with E-state index in [0.717, 1.165) is 12.8 Å². The number of fused-ring (bicyclic) bond motifs is 1. The van der Waals surface area contributed by atoms with Crippen molar-refractivity contribution in [1.29, 1.82) is 0 Å². The number of nitrogens with zero attached hydrogens (tertiary/aromatic N) is 1. The van der Waals surface area contributed by atoms with Crippen LogP contribution in [0, 0.1) is 11.8 Å². The summed E-state index contributed by atoms with van der Waals surface area (Å²) in [5, 5.41) is 3.10. The van der Waals surface area contributed by atoms with Crippen LogP contribution in [0.1, 0.15) is 64.2 Å². The molecule has 2 aliphatic carbocycles. The molecule has 24 heavy (non-hydrogen) atoms. The van der Waals surface area contributed by atoms with E-state index in [-0.39, 0.29) is 48.6 Å². The fraction of sp³-hybridized carbons (Fsp3) is 0.737. The summed E-state index contributed by atoms with van der Waals surface area (Å²) in [6.07, 6.45) is 13.7. The van der Waals surface area contributed by atoms with Gasteiger partial charge in [0, 0.05) is 19.0 Å². The van der Waals surface area contributed by atoms with Crippen molar-refractivity contribution >= 4 is 17.7 Å². The molecule has 1 N–H and O–H groups in total. The number of nitrogens with one attached hydrogen (secondary N) is 1. The number of imide groups is 1. The third-order valence-corrected chi connectivity index (χ3v) is 5.63. The number of rotatable bonds is 4. The highest BCUT2D eigenvalue weighted by atomic mass is 16.2. The maximum atomic E-state index is 12.4. The molecular weight excluding hydrogens is 304 g/mol. The highest BCUT2D eigenvalue weighted by molar-refractivity contribution is 6.05. The van der Waals surface area contributed by atoms with Crippen LogP contribution >= 0.6 is 0 Å². The van der Waals surface area contributed by atoms with Gasteiger partial charge >= 0.3 is 0 Å². The van der Waals surface area contributed by atoms with Crippen LogP contribution in [0.2, 0.25) is 0 Å². The summed E-state index contributed by atoms with van der Waals surface area (Å²) in [6, 6.07) is 0.259. The van der Waals surface area contributed by atoms with E-state index in [1.807, 2.05) is 12.2 Å². The predicted octanol–water partition coefficient (Wildman–Crippen LogP) is 2.56. The Hall–Kier alpha value is -1.65. The molecule has 5 heteroatoms. The van der Waals surface area contributed by atoms with E-state index in [0.29, 0.717) is 12.8 Å². The van der Waals surface area contributed by atoms with Gasteiger partial charge < -0.3 is 5.32 Å². The second-order valence-electron chi connectivity index (χ2n) is 7.34. The lowest BCUT2D eigenvalue weighted by atomic mass is 9.85. The van der Waals surface area contributed by atoms with E-state index in [1.165, 1.54) is 37.0 Å². The Balaban J connectivity index is 1.47. The minimum absolute atomic E-state index is 0.0332. The molecule has 0 aromatic rings. The molecule has 0 aromatic carbocycles. The van der Waals surface area contributed by atoms with Crippen molar-refractivity contribution in [3.05, 3.63) is 12.2 Å². The first kappa shape index (κ1) is 17.2. The first-order valence-electron chi connectivity index (χ1n) is 9.46. The fourth-order valence-corrected chi connectivity index (χ4v) is 4.20. The fourth-order valence-electron chi connectivity index (χ4n) is 4.20. The lowest BCUT2D eigenvalue weighted by molar-refractivity contribution is -0.140. The Kier molecular flexibility index (Phi) is 5.69. The second kappa shape index (κ2) is 7.95. The zero-order valence-corrected chi connectivity index (χ0v) is 14.3. The van der Waals surface area contributed by atoms with E-state index < -0.39 is 0 Å². The van der Waals surface area contributed by atoms with Crippen molar-refractivity contribution in [1.82, 2.24) is 10.2 Å². The van der Waals surface area contributed by atoms with E-state index in [9.17, 15) is 14.4 Å². The van der Waals surface area contributed by atoms with Gasteiger partial charge in [-0.2, -0.15) is 0 Å². The van der Waals surface area contributed by atoms with Crippen LogP contribution in [0.25, 0.3) is 0 Å². The smallest absolute Gasteiger partial charge is 0.233 e. The van der Waals surface area contributed by atoms with Crippen LogP contribution < -0.4 is 5.32 Å². The van der Waals surface area contributed by atoms with E-state index in [4.69, 9.17) is 0 Å². The van der Waals surface area contributed by atoms with Gasteiger partial charge in [-0.25, -0.2) is 0 Å². The first-order valence-corrected chi connectivity index (χ1v) is 9.46. The summed E-state index contributed by atoms with van der Waals surface area (Å²) in [4.78, 5) is 38.3. The number of hydrogen-bond acceptors (Lipinski definition) is 3. The Morgan fingerprint density at radius 1 is 0.958 bits per heavy atom. The molecule has 0 spiro atoms. The van der Waals surface area contributed by atoms with Crippen LogP contribution in [0.15, 0.2) is 12.2 Å². The molecule has 5 nitrogen and oxygen atoms in total. The summed E-state index contributed by atoms with van der Waals surface area (Å²) in [7, 11) is 0. The number of hydrogen-bond donors (Lipinski definition) is 1. The molecule has 0 unspecified atom stereocenters. The number of allylic oxidation sites excluding steroid dienone is 2. The second-order valence-corrected chi connectivity index (χ2v) is 7.34. The van der Waals surface area contributed by atoms with Gasteiger partial charge in [0.15, 0.2) is 0 Å². The molecule has 3 rings (SSSR count). The summed E-state index contributed by atoms with van der Waals surface area (Å²) in [6.45, 7) is 0.225. The predicted molar refractivity (Wildman–Crippen MR) is 90.9 cm³/mol. The molecule has 0 aromatic heterocycles. The molecular formula is C19H28N2O3. The topological polar surface area (TPSA) is 66.5 Å². The summed E-state index contributed by atoms with van der Waals surface area (Å²) < 4.78 is 0. The summed E-state index contributed by atoms with van der Waals surface area (Å²) in [5.41, 5.74) is 0. The molecule has 0 radical (unpaired) electrons. The molecule has 2 atom stereocenters. The van der Waals surface area contributed by atoms with Gasteiger partial charge in [-0.05, 0) is 25.7 Å². The Morgan fingerprint density at radius 2 is 1.50 bits per heavy atom. The Bertz CT molecular complexity index is 495. The molecule has 0 bridgehead atoms. The van der Waals surface area contributed by atoms with Crippen molar-refractivity contribution in [3.63, 3.8) is 0 Å². The van der Waals surface area contributed by atoms with Crippen molar-refractivity contribution in [2.45, 2.75) is 70.3 Å². The molecule has 132 valence electrons. The molecule has 2 fully saturated rings. The summed E-state index contributed by atoms with van der Waals surface area (Å²) in [5.74, 6) is -0.609. The Morgan fingerprint density at radius 3 is 2.08 bits per heavy atom. The van der Waals surface area contributed by atoms with Gasteiger partial charge in [-0.15, -0.1) is 0 Å². The SMILES string of the molecule is O=C(CCN1C(=O)[C@H]2CC=CC[C@H]2C1=O)NC1CCCCCCC1. The van der Waals surface area contributed by atoms with Gasteiger partial charge in [0.25, 0.3) is 0 Å². The van der Waals surface area contributed by atoms with Crippen LogP contribution in [-0.4, -0.2) is 35.2 Å². The highest BCUT2D eigenvalue weighted by Crippen LogP contribution is 2.35. The van der Waals surface area contributed by atoms with Crippen molar-refractivity contribution in [2.75, 3.05) is 6.54 Å². The van der Waals surface area contributed by atoms with Crippen molar-refractivity contribution in [2.24, 2.45) is 11.8 Å². The van der Waals surface area contributed by atoms with Gasteiger partial charge in [-0.1, -0.05) is 44.3 Å². The van der Waals surface area contributed by atoms with Gasteiger partial charge in [0.1, 0.15) is 0 Å². The largest absolute Gasteiger partial charge is 0.353 e. The summed E-state index contributed by atoms with van der Waals surface area (Å²) >= 11 is 0. The number of carbonyl (C=O) groups excluding carboxylic acids is 3. The van der Waals surface area contributed by atoms with Crippen molar-refractivity contribution < 1.29 is 14.4 Å². The molecule has 1 heterocycles. The van der Waals surface area contributed by atoms with Gasteiger partial charge in [-0.3, -0.25) is 19.3 Å². The van der Waals surface area contributed by atoms with E-state index in [2.05, 4.69) is 5.32 Å². The monoisotopic (exact) mass is 332 g/mol. The van der Waals surface area contributed by atoms with E-state index >= 15 is 0 Å². The normalized spacial score (nSPS) is 28.4. The molecule has 1 saturated heterocycles. The van der Waals surface area contributed by atoms with Gasteiger partial charge in [0.05, 0.1) is 11.8 Å². The molecule has 1 saturated carbocycles. The average molecular weight is 332 g/mol. The molecule has 3 aliphatic rings. The maximum absolute atomic E-state index is 12.4. The number of amides is 3. The zero-order chi connectivity index (χ0) is 16.9.